The topological polar surface area (TPSA) is 128 Å². The van der Waals surface area contributed by atoms with Gasteiger partial charge in [-0.05, 0) is 61.3 Å². The fraction of sp³-hybridized carbons (Fsp3) is 0.850. The molecule has 1 atom stereocenters. The molecule has 0 aromatic rings. The molecule has 0 saturated carbocycles. The molecule has 8 heteroatoms. The van der Waals surface area contributed by atoms with Gasteiger partial charge >= 0.3 is 5.97 Å². The van der Waals surface area contributed by atoms with Gasteiger partial charge < -0.3 is 5.11 Å². The maximum absolute atomic E-state index is 11.3. The summed E-state index contributed by atoms with van der Waals surface area (Å²) in [6, 6.07) is 3.94. The van der Waals surface area contributed by atoms with E-state index in [2.05, 4.69) is 10.2 Å². The highest BCUT2D eigenvalue weighted by atomic mass is 17.2. The Morgan fingerprint density at radius 1 is 0.929 bits per heavy atom. The second-order valence-corrected chi connectivity index (χ2v) is 8.58. The summed E-state index contributed by atoms with van der Waals surface area (Å²) in [7, 11) is 0. The van der Waals surface area contributed by atoms with E-state index in [1.165, 1.54) is 0 Å². The van der Waals surface area contributed by atoms with Crippen molar-refractivity contribution in [1.82, 2.24) is 0 Å². The molecule has 0 amide bonds. The van der Waals surface area contributed by atoms with Gasteiger partial charge in [-0.25, -0.2) is 14.6 Å². The highest BCUT2D eigenvalue weighted by Crippen LogP contribution is 2.26. The molecule has 0 aliphatic rings. The van der Waals surface area contributed by atoms with Crippen molar-refractivity contribution in [2.75, 3.05) is 0 Å². The van der Waals surface area contributed by atoms with Crippen LogP contribution in [0.4, 0.5) is 0 Å². The summed E-state index contributed by atoms with van der Waals surface area (Å²) >= 11 is 0. The lowest BCUT2D eigenvalue weighted by atomic mass is 9.94. The minimum absolute atomic E-state index is 0.401. The number of aliphatic carboxylic acids is 1. The van der Waals surface area contributed by atoms with Gasteiger partial charge in [0.05, 0.1) is 17.7 Å². The van der Waals surface area contributed by atoms with E-state index in [1.54, 1.807) is 34.6 Å². The van der Waals surface area contributed by atoms with Crippen molar-refractivity contribution in [2.45, 2.75) is 110 Å². The van der Waals surface area contributed by atoms with Crippen molar-refractivity contribution in [3.8, 4) is 12.1 Å². The van der Waals surface area contributed by atoms with Crippen molar-refractivity contribution >= 4 is 5.97 Å². The van der Waals surface area contributed by atoms with Gasteiger partial charge in [0.1, 0.15) is 0 Å². The van der Waals surface area contributed by atoms with E-state index in [0.717, 1.165) is 12.8 Å². The Bertz CT molecular complexity index is 567. The molecule has 0 saturated heterocycles. The summed E-state index contributed by atoms with van der Waals surface area (Å²) in [5.41, 5.74) is -3.38. The number of carboxylic acid groups (broad SMARTS) is 1. The minimum atomic E-state index is -1.21. The molecule has 0 aromatic carbocycles. The van der Waals surface area contributed by atoms with Crippen molar-refractivity contribution in [3.05, 3.63) is 0 Å². The average molecular weight is 397 g/mol. The molecule has 0 aromatic heterocycles. The second-order valence-electron chi connectivity index (χ2n) is 8.58. The van der Waals surface area contributed by atoms with Gasteiger partial charge in [-0.3, -0.25) is 0 Å². The van der Waals surface area contributed by atoms with Crippen LogP contribution in [0.2, 0.25) is 0 Å². The number of carboxylic acids is 1. The predicted octanol–water partition coefficient (Wildman–Crippen LogP) is 5.20. The summed E-state index contributed by atoms with van der Waals surface area (Å²) in [6.07, 6.45) is 2.63. The lowest BCUT2D eigenvalue weighted by Crippen LogP contribution is -2.43. The number of hydrogen-bond donors (Lipinski definition) is 1. The number of carbonyl (C=O) groups is 1. The molecule has 1 N–H and O–H groups in total. The molecule has 0 spiro atoms. The highest BCUT2D eigenvalue weighted by Gasteiger charge is 2.40. The Morgan fingerprint density at radius 2 is 1.36 bits per heavy atom. The number of nitrogens with zero attached hydrogens (tertiary/aromatic N) is 4. The van der Waals surface area contributed by atoms with Crippen LogP contribution < -0.4 is 0 Å². The van der Waals surface area contributed by atoms with E-state index < -0.39 is 28.2 Å². The Balaban J connectivity index is 0. The fourth-order valence-corrected chi connectivity index (χ4v) is 1.53. The Kier molecular flexibility index (Phi) is 11.8. The van der Waals surface area contributed by atoms with Crippen LogP contribution in [0.15, 0.2) is 10.2 Å². The third-order valence-corrected chi connectivity index (χ3v) is 3.44. The number of rotatable bonds is 9. The van der Waals surface area contributed by atoms with Gasteiger partial charge in [-0.2, -0.15) is 20.8 Å². The van der Waals surface area contributed by atoms with Crippen LogP contribution in [-0.4, -0.2) is 33.4 Å². The zero-order chi connectivity index (χ0) is 22.6. The molecule has 0 radical (unpaired) electrons. The van der Waals surface area contributed by atoms with Crippen molar-refractivity contribution in [2.24, 2.45) is 10.2 Å². The maximum atomic E-state index is 11.3. The number of unbranched alkanes of at least 4 members (excludes halogenated alkanes) is 1. The lowest BCUT2D eigenvalue weighted by Gasteiger charge is -2.30. The number of hydrogen-bond acceptors (Lipinski definition) is 7. The monoisotopic (exact) mass is 396 g/mol. The normalized spacial score (nSPS) is 14.4. The van der Waals surface area contributed by atoms with Gasteiger partial charge in [0.2, 0.25) is 0 Å². The molecular weight excluding hydrogens is 360 g/mol. The average Bonchev–Trinajstić information content (AvgIpc) is 2.60. The molecule has 0 aliphatic heterocycles. The van der Waals surface area contributed by atoms with Crippen LogP contribution >= 0.6 is 0 Å². The Hall–Kier alpha value is -2.03. The SMILES string of the molecule is CC(C)(C#N)N=NC(C)(C)C#N.CCCCC(CC)(OOC(C)(C)C)C(=O)O. The quantitative estimate of drug-likeness (QED) is 0.324. The molecule has 0 aliphatic carbocycles. The van der Waals surface area contributed by atoms with Crippen LogP contribution in [0, 0.1) is 22.7 Å². The molecule has 1 unspecified atom stereocenters. The first-order valence-electron chi connectivity index (χ1n) is 9.47. The highest BCUT2D eigenvalue weighted by molar-refractivity contribution is 5.77. The van der Waals surface area contributed by atoms with E-state index in [4.69, 9.17) is 20.3 Å². The van der Waals surface area contributed by atoms with Crippen molar-refractivity contribution in [3.63, 3.8) is 0 Å². The van der Waals surface area contributed by atoms with Gasteiger partial charge in [0.25, 0.3) is 0 Å². The first kappa shape index (κ1) is 28.2. The van der Waals surface area contributed by atoms with Gasteiger partial charge in [-0.1, -0.05) is 26.7 Å². The van der Waals surface area contributed by atoms with Crippen LogP contribution in [0.25, 0.3) is 0 Å². The van der Waals surface area contributed by atoms with Gasteiger partial charge in [-0.15, -0.1) is 0 Å². The predicted molar refractivity (Wildman–Crippen MR) is 106 cm³/mol. The van der Waals surface area contributed by atoms with Crippen LogP contribution in [0.5, 0.6) is 0 Å². The van der Waals surface area contributed by atoms with E-state index in [1.807, 2.05) is 39.8 Å². The molecular formula is C20H36N4O4. The summed E-state index contributed by atoms with van der Waals surface area (Å²) in [5, 5.41) is 33.9. The molecule has 8 nitrogen and oxygen atoms in total. The zero-order valence-electron chi connectivity index (χ0n) is 18.8. The smallest absolute Gasteiger partial charge is 0.339 e. The van der Waals surface area contributed by atoms with Crippen molar-refractivity contribution in [1.29, 1.82) is 10.5 Å². The summed E-state index contributed by atoms with van der Waals surface area (Å²) in [4.78, 5) is 21.6. The summed E-state index contributed by atoms with van der Waals surface area (Å²) < 4.78 is 0. The molecule has 28 heavy (non-hydrogen) atoms. The molecule has 0 bridgehead atoms. The lowest BCUT2D eigenvalue weighted by molar-refractivity contribution is -0.398. The number of azo groups is 1. The second kappa shape index (κ2) is 11.7. The third-order valence-electron chi connectivity index (χ3n) is 3.44. The van der Waals surface area contributed by atoms with E-state index in [9.17, 15) is 9.90 Å². The molecule has 0 rings (SSSR count). The van der Waals surface area contributed by atoms with E-state index in [0.29, 0.717) is 12.8 Å². The van der Waals surface area contributed by atoms with E-state index >= 15 is 0 Å². The standard InChI is InChI=1S/C12H24O4.C8H12N4/c1-6-8-9-12(7-2,10(13)14)16-15-11(3,4)5;1-7(2,5-9)11-12-8(3,4)6-10/h6-9H2,1-5H3,(H,13,14);1-4H3. The Labute approximate surface area is 169 Å². The van der Waals surface area contributed by atoms with Crippen LogP contribution in [0.3, 0.4) is 0 Å². The van der Waals surface area contributed by atoms with Crippen LogP contribution in [0.1, 0.15) is 88.0 Å². The summed E-state index contributed by atoms with van der Waals surface area (Å²) in [6.45, 7) is 15.9. The fourth-order valence-electron chi connectivity index (χ4n) is 1.53. The van der Waals surface area contributed by atoms with E-state index in [-0.39, 0.29) is 0 Å². The maximum Gasteiger partial charge on any atom is 0.339 e. The van der Waals surface area contributed by atoms with Crippen molar-refractivity contribution < 1.29 is 19.7 Å². The van der Waals surface area contributed by atoms with Crippen LogP contribution in [-0.2, 0) is 14.6 Å². The van der Waals surface area contributed by atoms with Gasteiger partial charge in [0.15, 0.2) is 16.7 Å². The number of nitriles is 2. The first-order chi connectivity index (χ1) is 12.6. The molecule has 160 valence electrons. The molecule has 0 fully saturated rings. The zero-order valence-corrected chi connectivity index (χ0v) is 18.8. The molecule has 0 heterocycles. The largest absolute Gasteiger partial charge is 0.479 e. The summed E-state index contributed by atoms with van der Waals surface area (Å²) in [5.74, 6) is -0.951. The third kappa shape index (κ3) is 12.4. The first-order valence-corrected chi connectivity index (χ1v) is 9.47. The van der Waals surface area contributed by atoms with Gasteiger partial charge in [0, 0.05) is 0 Å². The Morgan fingerprint density at radius 3 is 1.61 bits per heavy atom. The minimum Gasteiger partial charge on any atom is -0.479 e.